The molecule has 0 radical (unpaired) electrons. The van der Waals surface area contributed by atoms with Crippen molar-refractivity contribution in [1.29, 1.82) is 0 Å². The summed E-state index contributed by atoms with van der Waals surface area (Å²) in [7, 11) is -3.91. The van der Waals surface area contributed by atoms with Crippen LogP contribution in [0.25, 0.3) is 0 Å². The monoisotopic (exact) mass is 306 g/mol. The van der Waals surface area contributed by atoms with Crippen molar-refractivity contribution in [3.8, 4) is 0 Å². The Kier molecular flexibility index (Phi) is 4.02. The molecule has 1 aliphatic rings. The van der Waals surface area contributed by atoms with Crippen molar-refractivity contribution in [3.63, 3.8) is 0 Å². The van der Waals surface area contributed by atoms with Gasteiger partial charge in [-0.1, -0.05) is 0 Å². The fourth-order valence-electron chi connectivity index (χ4n) is 1.95. The average Bonchev–Trinajstić information content (AvgIpc) is 2.74. The number of anilines is 1. The van der Waals surface area contributed by atoms with E-state index in [0.717, 1.165) is 15.8 Å². The molecule has 0 amide bonds. The van der Waals surface area contributed by atoms with E-state index in [9.17, 15) is 13.2 Å². The van der Waals surface area contributed by atoms with Crippen LogP contribution in [-0.2, 0) is 15.0 Å². The van der Waals surface area contributed by atoms with Gasteiger partial charge in [-0.3, -0.25) is 4.79 Å². The second kappa shape index (κ2) is 5.39. The van der Waals surface area contributed by atoms with E-state index < -0.39 is 22.2 Å². The van der Waals surface area contributed by atoms with E-state index in [1.54, 1.807) is 6.92 Å². The van der Waals surface area contributed by atoms with Gasteiger partial charge in [0.2, 0.25) is 5.13 Å². The van der Waals surface area contributed by atoms with E-state index in [4.69, 9.17) is 5.11 Å². The van der Waals surface area contributed by atoms with Crippen molar-refractivity contribution < 1.29 is 18.3 Å². The average molecular weight is 306 g/mol. The van der Waals surface area contributed by atoms with Crippen LogP contribution in [0.15, 0.2) is 0 Å². The Morgan fingerprint density at radius 1 is 1.53 bits per heavy atom. The number of nitrogens with zero attached hydrogens (tertiary/aromatic N) is 3. The Morgan fingerprint density at radius 3 is 2.84 bits per heavy atom. The van der Waals surface area contributed by atoms with Crippen molar-refractivity contribution >= 4 is 32.8 Å². The number of carboxylic acid groups (broad SMARTS) is 1. The second-order valence-corrected chi connectivity index (χ2v) is 6.59. The molecule has 1 atom stereocenters. The van der Waals surface area contributed by atoms with E-state index in [1.165, 1.54) is 0 Å². The predicted octanol–water partition coefficient (Wildman–Crippen LogP) is 0.442. The van der Waals surface area contributed by atoms with Gasteiger partial charge in [0.15, 0.2) is 0 Å². The molecule has 2 N–H and O–H groups in total. The third-order valence-corrected chi connectivity index (χ3v) is 5.15. The number of hydrogen-bond donors (Lipinski definition) is 2. The van der Waals surface area contributed by atoms with E-state index in [-0.39, 0.29) is 11.7 Å². The van der Waals surface area contributed by atoms with Gasteiger partial charge in [0, 0.05) is 18.1 Å². The Hall–Kier alpha value is -1.26. The van der Waals surface area contributed by atoms with Crippen LogP contribution in [-0.4, -0.2) is 45.7 Å². The van der Waals surface area contributed by atoms with Gasteiger partial charge in [-0.2, -0.15) is 17.1 Å². The highest BCUT2D eigenvalue weighted by molar-refractivity contribution is 7.90. The second-order valence-electron chi connectivity index (χ2n) is 4.21. The van der Waals surface area contributed by atoms with Crippen LogP contribution >= 0.6 is 11.5 Å². The lowest BCUT2D eigenvalue weighted by atomic mass is 10.1. The lowest BCUT2D eigenvalue weighted by molar-refractivity contribution is -0.142. The smallest absolute Gasteiger partial charge is 0.322 e. The molecule has 0 saturated carbocycles. The van der Waals surface area contributed by atoms with E-state index in [2.05, 4.69) is 14.1 Å². The molecule has 1 aromatic heterocycles. The summed E-state index contributed by atoms with van der Waals surface area (Å²) in [5.74, 6) is -0.658. The minimum Gasteiger partial charge on any atom is -0.480 e. The molecule has 0 bridgehead atoms. The summed E-state index contributed by atoms with van der Waals surface area (Å²) in [4.78, 5) is 15.0. The molecule has 10 heteroatoms. The Morgan fingerprint density at radius 2 is 2.26 bits per heavy atom. The van der Waals surface area contributed by atoms with Crippen molar-refractivity contribution in [2.24, 2.45) is 0 Å². The standard InChI is InChI=1S/C9H14N4O4S2/c1-6-10-9(18-11-6)12-19(16,17)13-5-3-2-4-7(13)8(14)15/h7H,2-5H2,1H3,(H,14,15)(H,10,11,12). The first-order valence-electron chi connectivity index (χ1n) is 5.73. The van der Waals surface area contributed by atoms with Gasteiger partial charge >= 0.3 is 16.2 Å². The first kappa shape index (κ1) is 14.2. The lowest BCUT2D eigenvalue weighted by Gasteiger charge is -2.31. The number of carbonyl (C=O) groups is 1. The molecular weight excluding hydrogens is 292 g/mol. The molecule has 2 heterocycles. The molecule has 0 aromatic carbocycles. The summed E-state index contributed by atoms with van der Waals surface area (Å²) in [6.45, 7) is 1.85. The topological polar surface area (TPSA) is 112 Å². The fourth-order valence-corrected chi connectivity index (χ4v) is 4.13. The van der Waals surface area contributed by atoms with Crippen molar-refractivity contribution in [2.75, 3.05) is 11.3 Å². The number of aromatic nitrogens is 2. The molecule has 1 unspecified atom stereocenters. The number of hydrogen-bond acceptors (Lipinski definition) is 6. The third-order valence-electron chi connectivity index (χ3n) is 2.79. The summed E-state index contributed by atoms with van der Waals surface area (Å²) in [6, 6.07) is -1.01. The summed E-state index contributed by atoms with van der Waals surface area (Å²) < 4.78 is 31.5. The zero-order valence-corrected chi connectivity index (χ0v) is 11.9. The summed E-state index contributed by atoms with van der Waals surface area (Å²) in [5.41, 5.74) is 0. The maximum atomic E-state index is 12.2. The van der Waals surface area contributed by atoms with Gasteiger partial charge in [0.05, 0.1) is 0 Å². The largest absolute Gasteiger partial charge is 0.480 e. The molecule has 1 saturated heterocycles. The van der Waals surface area contributed by atoms with Crippen LogP contribution in [0.4, 0.5) is 5.13 Å². The van der Waals surface area contributed by atoms with Crippen molar-refractivity contribution in [3.05, 3.63) is 5.82 Å². The van der Waals surface area contributed by atoms with Gasteiger partial charge in [-0.05, 0) is 26.2 Å². The first-order valence-corrected chi connectivity index (χ1v) is 7.94. The Balaban J connectivity index is 2.19. The summed E-state index contributed by atoms with van der Waals surface area (Å²) in [6.07, 6.45) is 1.69. The zero-order chi connectivity index (χ0) is 14.0. The van der Waals surface area contributed by atoms with Crippen LogP contribution in [0, 0.1) is 6.92 Å². The number of rotatable bonds is 4. The quantitative estimate of drug-likeness (QED) is 0.834. The van der Waals surface area contributed by atoms with Gasteiger partial charge in [0.1, 0.15) is 11.9 Å². The minimum atomic E-state index is -3.91. The van der Waals surface area contributed by atoms with Crippen LogP contribution < -0.4 is 4.72 Å². The number of aryl methyl sites for hydroxylation is 1. The number of piperidine rings is 1. The molecule has 8 nitrogen and oxygen atoms in total. The highest BCUT2D eigenvalue weighted by atomic mass is 32.2. The summed E-state index contributed by atoms with van der Waals surface area (Å²) >= 11 is 0.925. The Bertz CT molecular complexity index is 571. The van der Waals surface area contributed by atoms with Gasteiger partial charge in [-0.15, -0.1) is 0 Å². The maximum absolute atomic E-state index is 12.2. The minimum absolute atomic E-state index is 0.146. The first-order chi connectivity index (χ1) is 8.90. The molecule has 1 aromatic rings. The van der Waals surface area contributed by atoms with Crippen LogP contribution in [0.1, 0.15) is 25.1 Å². The lowest BCUT2D eigenvalue weighted by Crippen LogP contribution is -2.49. The van der Waals surface area contributed by atoms with E-state index in [0.29, 0.717) is 25.1 Å². The predicted molar refractivity (Wildman–Crippen MR) is 69.2 cm³/mol. The molecule has 19 heavy (non-hydrogen) atoms. The number of nitrogens with one attached hydrogen (secondary N) is 1. The van der Waals surface area contributed by atoms with Gasteiger partial charge < -0.3 is 5.11 Å². The van der Waals surface area contributed by atoms with Crippen LogP contribution in [0.3, 0.4) is 0 Å². The fraction of sp³-hybridized carbons (Fsp3) is 0.667. The van der Waals surface area contributed by atoms with Crippen molar-refractivity contribution in [1.82, 2.24) is 13.7 Å². The van der Waals surface area contributed by atoms with Gasteiger partial charge in [0.25, 0.3) is 0 Å². The third kappa shape index (κ3) is 3.19. The van der Waals surface area contributed by atoms with Crippen molar-refractivity contribution in [2.45, 2.75) is 32.2 Å². The molecule has 1 fully saturated rings. The summed E-state index contributed by atoms with van der Waals surface area (Å²) in [5, 5.41) is 9.23. The van der Waals surface area contributed by atoms with E-state index >= 15 is 0 Å². The zero-order valence-electron chi connectivity index (χ0n) is 10.2. The molecule has 1 aliphatic heterocycles. The SMILES string of the molecule is Cc1nsc(NS(=O)(=O)N2CCCCC2C(=O)O)n1. The molecular formula is C9H14N4O4S2. The Labute approximate surface area is 114 Å². The molecule has 106 valence electrons. The highest BCUT2D eigenvalue weighted by Gasteiger charge is 2.37. The number of carboxylic acids is 1. The molecule has 0 spiro atoms. The number of aliphatic carboxylic acids is 1. The van der Waals surface area contributed by atoms with Crippen LogP contribution in [0.5, 0.6) is 0 Å². The molecule has 2 rings (SSSR count). The van der Waals surface area contributed by atoms with E-state index in [1.807, 2.05) is 0 Å². The maximum Gasteiger partial charge on any atom is 0.322 e. The molecule has 0 aliphatic carbocycles. The van der Waals surface area contributed by atoms with Crippen LogP contribution in [0.2, 0.25) is 0 Å². The normalized spacial score (nSPS) is 21.2. The highest BCUT2D eigenvalue weighted by Crippen LogP contribution is 2.22. The van der Waals surface area contributed by atoms with Gasteiger partial charge in [-0.25, -0.2) is 9.71 Å².